The zero-order chi connectivity index (χ0) is 21.3. The van der Waals surface area contributed by atoms with Gasteiger partial charge in [0, 0.05) is 38.9 Å². The van der Waals surface area contributed by atoms with Crippen LogP contribution >= 0.6 is 0 Å². The summed E-state index contributed by atoms with van der Waals surface area (Å²) in [5, 5.41) is 3.28. The number of carbonyl (C=O) groups excluding carboxylic acids is 1. The smallest absolute Gasteiger partial charge is 0.234 e. The van der Waals surface area contributed by atoms with Crippen LogP contribution in [0.2, 0.25) is 0 Å². The molecule has 0 aliphatic carbocycles. The number of aromatic nitrogens is 1. The zero-order valence-corrected chi connectivity index (χ0v) is 17.9. The van der Waals surface area contributed by atoms with Crippen molar-refractivity contribution in [1.29, 1.82) is 0 Å². The van der Waals surface area contributed by atoms with Crippen molar-refractivity contribution in [2.24, 2.45) is 0 Å². The number of nitrogens with zero attached hydrogens (tertiary/aromatic N) is 3. The average molecular weight is 415 g/mol. The van der Waals surface area contributed by atoms with Gasteiger partial charge in [-0.25, -0.2) is 0 Å². The van der Waals surface area contributed by atoms with Gasteiger partial charge in [0.05, 0.1) is 18.3 Å². The van der Waals surface area contributed by atoms with Crippen LogP contribution < -0.4 is 5.32 Å². The Labute approximate surface area is 184 Å². The number of rotatable bonds is 8. The largest absolute Gasteiger partial charge is 0.348 e. The number of benzene rings is 2. The van der Waals surface area contributed by atoms with Crippen molar-refractivity contribution < 1.29 is 4.79 Å². The van der Waals surface area contributed by atoms with E-state index in [-0.39, 0.29) is 11.9 Å². The third-order valence-corrected chi connectivity index (χ3v) is 5.76. The molecule has 1 atom stereocenters. The highest BCUT2D eigenvalue weighted by Gasteiger charge is 2.21. The quantitative estimate of drug-likeness (QED) is 0.615. The fourth-order valence-electron chi connectivity index (χ4n) is 4.06. The minimum absolute atomic E-state index is 0.0263. The maximum atomic E-state index is 12.9. The molecule has 1 fully saturated rings. The van der Waals surface area contributed by atoms with Gasteiger partial charge >= 0.3 is 0 Å². The van der Waals surface area contributed by atoms with Crippen LogP contribution in [0.15, 0.2) is 85.1 Å². The Morgan fingerprint density at radius 3 is 2.16 bits per heavy atom. The monoisotopic (exact) mass is 414 g/mol. The van der Waals surface area contributed by atoms with E-state index in [9.17, 15) is 4.79 Å². The van der Waals surface area contributed by atoms with Crippen LogP contribution in [0.25, 0.3) is 0 Å². The Kier molecular flexibility index (Phi) is 7.42. The predicted octanol–water partition coefficient (Wildman–Crippen LogP) is 3.30. The Morgan fingerprint density at radius 2 is 1.48 bits per heavy atom. The fourth-order valence-corrected chi connectivity index (χ4v) is 4.06. The van der Waals surface area contributed by atoms with Crippen molar-refractivity contribution in [1.82, 2.24) is 20.1 Å². The number of nitrogens with one attached hydrogen (secondary N) is 1. The summed E-state index contributed by atoms with van der Waals surface area (Å²) >= 11 is 0. The van der Waals surface area contributed by atoms with E-state index >= 15 is 0 Å². The highest BCUT2D eigenvalue weighted by Crippen LogP contribution is 2.18. The minimum Gasteiger partial charge on any atom is -0.348 e. The van der Waals surface area contributed by atoms with Gasteiger partial charge in [-0.15, -0.1) is 0 Å². The normalized spacial score (nSPS) is 16.0. The zero-order valence-electron chi connectivity index (χ0n) is 17.9. The van der Waals surface area contributed by atoms with Crippen LogP contribution in [0.4, 0.5) is 0 Å². The van der Waals surface area contributed by atoms with Crippen molar-refractivity contribution in [3.63, 3.8) is 0 Å². The average Bonchev–Trinajstić information content (AvgIpc) is 2.82. The van der Waals surface area contributed by atoms with Crippen LogP contribution in [0.5, 0.6) is 0 Å². The molecule has 1 N–H and O–H groups in total. The maximum absolute atomic E-state index is 12.9. The summed E-state index contributed by atoms with van der Waals surface area (Å²) in [6.07, 6.45) is 2.63. The van der Waals surface area contributed by atoms with Gasteiger partial charge in [0.25, 0.3) is 0 Å². The number of hydrogen-bond acceptors (Lipinski definition) is 4. The van der Waals surface area contributed by atoms with Crippen LogP contribution in [0.1, 0.15) is 22.9 Å². The summed E-state index contributed by atoms with van der Waals surface area (Å²) in [5.74, 6) is 0.0861. The molecule has 3 aromatic rings. The molecule has 1 aliphatic heterocycles. The highest BCUT2D eigenvalue weighted by atomic mass is 16.2. The SMILES string of the molecule is O=C(CN1CCN(Cc2ccccn2)CC1)NC(Cc1ccccc1)c1ccccc1. The lowest BCUT2D eigenvalue weighted by molar-refractivity contribution is -0.123. The molecule has 31 heavy (non-hydrogen) atoms. The standard InChI is InChI=1S/C26H30N4O/c31-26(21-30-17-15-29(16-18-30)20-24-13-7-8-14-27-24)28-25(23-11-5-2-6-12-23)19-22-9-3-1-4-10-22/h1-14,25H,15-21H2,(H,28,31). The molecular weight excluding hydrogens is 384 g/mol. The van der Waals surface area contributed by atoms with Crippen molar-refractivity contribution in [3.05, 3.63) is 102 Å². The van der Waals surface area contributed by atoms with Gasteiger partial charge in [0.15, 0.2) is 0 Å². The first-order valence-electron chi connectivity index (χ1n) is 11.0. The van der Waals surface area contributed by atoms with Crippen molar-refractivity contribution in [2.75, 3.05) is 32.7 Å². The molecule has 0 saturated carbocycles. The highest BCUT2D eigenvalue weighted by molar-refractivity contribution is 5.78. The maximum Gasteiger partial charge on any atom is 0.234 e. The van der Waals surface area contributed by atoms with E-state index in [4.69, 9.17) is 0 Å². The molecule has 1 aliphatic rings. The molecule has 5 heteroatoms. The molecule has 4 rings (SSSR count). The Hall–Kier alpha value is -3.02. The first-order valence-corrected chi connectivity index (χ1v) is 11.0. The summed E-state index contributed by atoms with van der Waals surface area (Å²) in [7, 11) is 0. The summed E-state index contributed by atoms with van der Waals surface area (Å²) in [4.78, 5) is 21.9. The third kappa shape index (κ3) is 6.48. The first-order chi connectivity index (χ1) is 15.3. The van der Waals surface area contributed by atoms with Gasteiger partial charge in [-0.05, 0) is 29.7 Å². The van der Waals surface area contributed by atoms with Gasteiger partial charge in [-0.2, -0.15) is 0 Å². The van der Waals surface area contributed by atoms with E-state index in [1.54, 1.807) is 0 Å². The van der Waals surface area contributed by atoms with Crippen molar-refractivity contribution in [3.8, 4) is 0 Å². The number of pyridine rings is 1. The molecule has 1 saturated heterocycles. The summed E-state index contributed by atoms with van der Waals surface area (Å²) in [6, 6.07) is 26.6. The molecule has 2 heterocycles. The van der Waals surface area contributed by atoms with Crippen molar-refractivity contribution >= 4 is 5.91 Å². The molecule has 160 valence electrons. The molecule has 1 unspecified atom stereocenters. The predicted molar refractivity (Wildman–Crippen MR) is 123 cm³/mol. The lowest BCUT2D eigenvalue weighted by Crippen LogP contribution is -2.49. The van der Waals surface area contributed by atoms with E-state index in [2.05, 4.69) is 50.4 Å². The Balaban J connectivity index is 1.30. The molecular formula is C26H30N4O. The number of piperazine rings is 1. The fraction of sp³-hybridized carbons (Fsp3) is 0.308. The number of amides is 1. The second-order valence-corrected chi connectivity index (χ2v) is 8.09. The van der Waals surface area contributed by atoms with Crippen LogP contribution in [0.3, 0.4) is 0 Å². The van der Waals surface area contributed by atoms with Gasteiger partial charge in [-0.3, -0.25) is 19.6 Å². The minimum atomic E-state index is -0.0263. The molecule has 5 nitrogen and oxygen atoms in total. The molecule has 2 aromatic carbocycles. The first kappa shape index (κ1) is 21.2. The van der Waals surface area contributed by atoms with E-state index in [0.717, 1.165) is 50.4 Å². The van der Waals surface area contributed by atoms with Crippen LogP contribution in [-0.2, 0) is 17.8 Å². The van der Waals surface area contributed by atoms with E-state index in [1.807, 2.05) is 54.7 Å². The number of carbonyl (C=O) groups is 1. The lowest BCUT2D eigenvalue weighted by Gasteiger charge is -2.34. The van der Waals surface area contributed by atoms with Crippen LogP contribution in [-0.4, -0.2) is 53.4 Å². The van der Waals surface area contributed by atoms with Gasteiger partial charge in [0.1, 0.15) is 0 Å². The second kappa shape index (κ2) is 10.8. The molecule has 0 bridgehead atoms. The van der Waals surface area contributed by atoms with Gasteiger partial charge < -0.3 is 5.32 Å². The van der Waals surface area contributed by atoms with E-state index in [1.165, 1.54) is 5.56 Å². The Bertz CT molecular complexity index is 925. The van der Waals surface area contributed by atoms with Gasteiger partial charge in [-0.1, -0.05) is 66.7 Å². The summed E-state index contributed by atoms with van der Waals surface area (Å²) in [6.45, 7) is 5.01. The third-order valence-electron chi connectivity index (χ3n) is 5.76. The number of hydrogen-bond donors (Lipinski definition) is 1. The van der Waals surface area contributed by atoms with Gasteiger partial charge in [0.2, 0.25) is 5.91 Å². The lowest BCUT2D eigenvalue weighted by atomic mass is 9.99. The van der Waals surface area contributed by atoms with E-state index < -0.39 is 0 Å². The van der Waals surface area contributed by atoms with E-state index in [0.29, 0.717) is 6.54 Å². The Morgan fingerprint density at radius 1 is 0.839 bits per heavy atom. The van der Waals surface area contributed by atoms with Crippen molar-refractivity contribution in [2.45, 2.75) is 19.0 Å². The molecule has 1 amide bonds. The topological polar surface area (TPSA) is 48.5 Å². The van der Waals surface area contributed by atoms with Crippen LogP contribution in [0, 0.1) is 0 Å². The molecule has 0 spiro atoms. The second-order valence-electron chi connectivity index (χ2n) is 8.09. The molecule has 1 aromatic heterocycles. The molecule has 0 radical (unpaired) electrons. The summed E-state index contributed by atoms with van der Waals surface area (Å²) < 4.78 is 0. The summed E-state index contributed by atoms with van der Waals surface area (Å²) in [5.41, 5.74) is 3.46.